The summed E-state index contributed by atoms with van der Waals surface area (Å²) < 4.78 is 31.7. The standard InChI is InChI=1S/C13H22N2O3S/c1-5-15(6-2)19(16,17)13-9-11(10-14-3)7-8-12(13)18-4/h7-9,14H,5-6,10H2,1-4H3. The van der Waals surface area contributed by atoms with Gasteiger partial charge in [-0.3, -0.25) is 0 Å². The van der Waals surface area contributed by atoms with Crippen LogP contribution in [0.1, 0.15) is 19.4 Å². The molecule has 1 aromatic carbocycles. The van der Waals surface area contributed by atoms with Crippen LogP contribution < -0.4 is 10.1 Å². The molecule has 0 spiro atoms. The predicted octanol–water partition coefficient (Wildman–Crippen LogP) is 1.45. The summed E-state index contributed by atoms with van der Waals surface area (Å²) in [4.78, 5) is 0.228. The van der Waals surface area contributed by atoms with Gasteiger partial charge in [-0.05, 0) is 24.7 Å². The van der Waals surface area contributed by atoms with Crippen LogP contribution in [0.5, 0.6) is 5.75 Å². The molecule has 0 aromatic heterocycles. The number of hydrogen-bond acceptors (Lipinski definition) is 4. The Morgan fingerprint density at radius 3 is 2.37 bits per heavy atom. The number of nitrogens with zero attached hydrogens (tertiary/aromatic N) is 1. The highest BCUT2D eigenvalue weighted by Gasteiger charge is 2.25. The number of benzene rings is 1. The van der Waals surface area contributed by atoms with Gasteiger partial charge in [0.15, 0.2) is 0 Å². The molecule has 0 aliphatic heterocycles. The summed E-state index contributed by atoms with van der Waals surface area (Å²) in [6.45, 7) is 5.15. The minimum Gasteiger partial charge on any atom is -0.495 e. The minimum absolute atomic E-state index is 0.228. The number of sulfonamides is 1. The van der Waals surface area contributed by atoms with Crippen molar-refractivity contribution in [2.75, 3.05) is 27.2 Å². The van der Waals surface area contributed by atoms with Crippen molar-refractivity contribution in [3.8, 4) is 5.75 Å². The van der Waals surface area contributed by atoms with Gasteiger partial charge < -0.3 is 10.1 Å². The lowest BCUT2D eigenvalue weighted by Crippen LogP contribution is -2.31. The van der Waals surface area contributed by atoms with E-state index in [1.165, 1.54) is 11.4 Å². The van der Waals surface area contributed by atoms with Gasteiger partial charge in [-0.15, -0.1) is 0 Å². The van der Waals surface area contributed by atoms with Crippen molar-refractivity contribution in [3.05, 3.63) is 23.8 Å². The van der Waals surface area contributed by atoms with Gasteiger partial charge in [-0.25, -0.2) is 8.42 Å². The predicted molar refractivity (Wildman–Crippen MR) is 75.9 cm³/mol. The molecule has 5 nitrogen and oxygen atoms in total. The van der Waals surface area contributed by atoms with Crippen LogP contribution in [0.15, 0.2) is 23.1 Å². The molecule has 0 aliphatic rings. The third kappa shape index (κ3) is 3.46. The number of ether oxygens (including phenoxy) is 1. The van der Waals surface area contributed by atoms with Gasteiger partial charge in [-0.2, -0.15) is 4.31 Å². The first-order valence-corrected chi connectivity index (χ1v) is 7.76. The number of rotatable bonds is 7. The maximum Gasteiger partial charge on any atom is 0.246 e. The van der Waals surface area contributed by atoms with Crippen LogP contribution in [-0.2, 0) is 16.6 Å². The summed E-state index contributed by atoms with van der Waals surface area (Å²) in [5, 5.41) is 3.01. The number of nitrogens with one attached hydrogen (secondary N) is 1. The highest BCUT2D eigenvalue weighted by molar-refractivity contribution is 7.89. The van der Waals surface area contributed by atoms with E-state index in [0.717, 1.165) is 5.56 Å². The van der Waals surface area contributed by atoms with E-state index in [4.69, 9.17) is 4.74 Å². The molecule has 0 aliphatic carbocycles. The van der Waals surface area contributed by atoms with Gasteiger partial charge in [0.1, 0.15) is 10.6 Å². The lowest BCUT2D eigenvalue weighted by Gasteiger charge is -2.20. The van der Waals surface area contributed by atoms with Crippen LogP contribution >= 0.6 is 0 Å². The largest absolute Gasteiger partial charge is 0.495 e. The Morgan fingerprint density at radius 2 is 1.89 bits per heavy atom. The first-order chi connectivity index (χ1) is 9.01. The Balaban J connectivity index is 3.33. The molecule has 1 aromatic rings. The highest BCUT2D eigenvalue weighted by atomic mass is 32.2. The third-order valence-electron chi connectivity index (χ3n) is 2.93. The van der Waals surface area contributed by atoms with Crippen molar-refractivity contribution in [1.29, 1.82) is 0 Å². The van der Waals surface area contributed by atoms with Crippen molar-refractivity contribution in [1.82, 2.24) is 9.62 Å². The van der Waals surface area contributed by atoms with Crippen LogP contribution in [0.2, 0.25) is 0 Å². The van der Waals surface area contributed by atoms with E-state index in [0.29, 0.717) is 25.4 Å². The topological polar surface area (TPSA) is 58.6 Å². The fourth-order valence-corrected chi connectivity index (χ4v) is 3.60. The quantitative estimate of drug-likeness (QED) is 0.824. The second-order valence-electron chi connectivity index (χ2n) is 4.10. The Hall–Kier alpha value is -1.11. The molecule has 0 saturated heterocycles. The van der Waals surface area contributed by atoms with Gasteiger partial charge in [0.25, 0.3) is 0 Å². The molecule has 1 rings (SSSR count). The van der Waals surface area contributed by atoms with Gasteiger partial charge >= 0.3 is 0 Å². The molecular formula is C13H22N2O3S. The zero-order valence-corrected chi connectivity index (χ0v) is 12.8. The molecule has 0 amide bonds. The second-order valence-corrected chi connectivity index (χ2v) is 6.01. The van der Waals surface area contributed by atoms with E-state index < -0.39 is 10.0 Å². The Bertz CT molecular complexity index is 511. The Labute approximate surface area is 115 Å². The first kappa shape index (κ1) is 15.9. The van der Waals surface area contributed by atoms with Crippen molar-refractivity contribution in [3.63, 3.8) is 0 Å². The van der Waals surface area contributed by atoms with Gasteiger partial charge in [0.05, 0.1) is 7.11 Å². The van der Waals surface area contributed by atoms with Gasteiger partial charge in [0.2, 0.25) is 10.0 Å². The summed E-state index contributed by atoms with van der Waals surface area (Å²) in [6.07, 6.45) is 0. The smallest absolute Gasteiger partial charge is 0.246 e. The summed E-state index contributed by atoms with van der Waals surface area (Å²) in [5.41, 5.74) is 0.911. The van der Waals surface area contributed by atoms with Gasteiger partial charge in [0, 0.05) is 19.6 Å². The second kappa shape index (κ2) is 6.88. The fourth-order valence-electron chi connectivity index (χ4n) is 1.94. The molecule has 0 radical (unpaired) electrons. The van der Waals surface area contributed by atoms with E-state index in [-0.39, 0.29) is 4.90 Å². The van der Waals surface area contributed by atoms with Crippen molar-refractivity contribution in [2.24, 2.45) is 0 Å². The van der Waals surface area contributed by atoms with Crippen LogP contribution in [0.25, 0.3) is 0 Å². The summed E-state index contributed by atoms with van der Waals surface area (Å²) in [5.74, 6) is 0.381. The molecular weight excluding hydrogens is 264 g/mol. The molecule has 0 fully saturated rings. The van der Waals surface area contributed by atoms with E-state index in [2.05, 4.69) is 5.32 Å². The molecule has 0 unspecified atom stereocenters. The van der Waals surface area contributed by atoms with Crippen molar-refractivity contribution < 1.29 is 13.2 Å². The average molecular weight is 286 g/mol. The monoisotopic (exact) mass is 286 g/mol. The first-order valence-electron chi connectivity index (χ1n) is 6.32. The SMILES string of the molecule is CCN(CC)S(=O)(=O)c1cc(CNC)ccc1OC. The maximum atomic E-state index is 12.6. The van der Waals surface area contributed by atoms with Gasteiger partial charge in [-0.1, -0.05) is 19.9 Å². The Morgan fingerprint density at radius 1 is 1.26 bits per heavy atom. The average Bonchev–Trinajstić information content (AvgIpc) is 2.40. The summed E-state index contributed by atoms with van der Waals surface area (Å²) in [7, 11) is -0.202. The number of hydrogen-bond donors (Lipinski definition) is 1. The molecule has 19 heavy (non-hydrogen) atoms. The van der Waals surface area contributed by atoms with Crippen LogP contribution in [-0.4, -0.2) is 40.0 Å². The minimum atomic E-state index is -3.50. The van der Waals surface area contributed by atoms with Crippen LogP contribution in [0.3, 0.4) is 0 Å². The zero-order valence-electron chi connectivity index (χ0n) is 11.9. The maximum absolute atomic E-state index is 12.6. The summed E-state index contributed by atoms with van der Waals surface area (Å²) in [6, 6.07) is 5.22. The lowest BCUT2D eigenvalue weighted by molar-refractivity contribution is 0.395. The molecule has 0 bridgehead atoms. The lowest BCUT2D eigenvalue weighted by atomic mass is 10.2. The van der Waals surface area contributed by atoms with E-state index in [1.54, 1.807) is 12.1 Å². The number of methoxy groups -OCH3 is 1. The van der Waals surface area contributed by atoms with Crippen LogP contribution in [0.4, 0.5) is 0 Å². The van der Waals surface area contributed by atoms with Crippen molar-refractivity contribution >= 4 is 10.0 Å². The summed E-state index contributed by atoms with van der Waals surface area (Å²) >= 11 is 0. The zero-order chi connectivity index (χ0) is 14.5. The van der Waals surface area contributed by atoms with E-state index in [9.17, 15) is 8.42 Å². The van der Waals surface area contributed by atoms with E-state index in [1.807, 2.05) is 27.0 Å². The molecule has 108 valence electrons. The molecule has 0 saturated carbocycles. The van der Waals surface area contributed by atoms with Crippen LogP contribution in [0, 0.1) is 0 Å². The molecule has 0 heterocycles. The van der Waals surface area contributed by atoms with E-state index >= 15 is 0 Å². The molecule has 0 atom stereocenters. The molecule has 1 N–H and O–H groups in total. The molecule has 6 heteroatoms. The van der Waals surface area contributed by atoms with Crippen molar-refractivity contribution in [2.45, 2.75) is 25.3 Å². The third-order valence-corrected chi connectivity index (χ3v) is 5.00. The fraction of sp³-hybridized carbons (Fsp3) is 0.538. The normalized spacial score (nSPS) is 11.8. The highest BCUT2D eigenvalue weighted by Crippen LogP contribution is 2.27. The Kier molecular flexibility index (Phi) is 5.78.